The average Bonchev–Trinajstić information content (AvgIpc) is 2.81. The van der Waals surface area contributed by atoms with Crippen LogP contribution < -0.4 is 4.87 Å². The molecule has 0 saturated heterocycles. The summed E-state index contributed by atoms with van der Waals surface area (Å²) in [6, 6.07) is 7.51. The van der Waals surface area contributed by atoms with Gasteiger partial charge in [0.05, 0.1) is 0 Å². The third-order valence-corrected chi connectivity index (χ3v) is 4.64. The maximum atomic E-state index is 12.4. The molecule has 0 spiro atoms. The smallest absolute Gasteiger partial charge is 0.307 e. The zero-order valence-corrected chi connectivity index (χ0v) is 14.3. The normalized spacial score (nSPS) is 10.7. The molecule has 6 heteroatoms. The van der Waals surface area contributed by atoms with E-state index in [2.05, 4.69) is 0 Å². The summed E-state index contributed by atoms with van der Waals surface area (Å²) < 4.78 is 1.65. The van der Waals surface area contributed by atoms with E-state index in [1.807, 2.05) is 43.5 Å². The molecule has 0 radical (unpaired) electrons. The number of hydrogen-bond donors (Lipinski definition) is 0. The number of hydrogen-bond acceptors (Lipinski definition) is 3. The van der Waals surface area contributed by atoms with Crippen molar-refractivity contribution in [3.05, 3.63) is 55.6 Å². The van der Waals surface area contributed by atoms with E-state index in [0.717, 1.165) is 11.3 Å². The fourth-order valence-electron chi connectivity index (χ4n) is 2.27. The fraction of sp³-hybridized carbons (Fsp3) is 0.375. The highest BCUT2D eigenvalue weighted by atomic mass is 35.5. The summed E-state index contributed by atoms with van der Waals surface area (Å²) in [5.74, 6) is 0.0416. The molecule has 22 heavy (non-hydrogen) atoms. The first-order valence-electron chi connectivity index (χ1n) is 7.18. The highest BCUT2D eigenvalue weighted by Gasteiger charge is 2.13. The van der Waals surface area contributed by atoms with Gasteiger partial charge in [0, 0.05) is 42.2 Å². The van der Waals surface area contributed by atoms with Crippen molar-refractivity contribution in [3.63, 3.8) is 0 Å². The van der Waals surface area contributed by atoms with Crippen molar-refractivity contribution in [2.75, 3.05) is 6.54 Å². The molecule has 1 amide bonds. The quantitative estimate of drug-likeness (QED) is 0.811. The minimum atomic E-state index is -0.0109. The Labute approximate surface area is 138 Å². The van der Waals surface area contributed by atoms with Gasteiger partial charge < -0.3 is 9.47 Å². The summed E-state index contributed by atoms with van der Waals surface area (Å²) in [5, 5.41) is 2.48. The zero-order valence-electron chi connectivity index (χ0n) is 12.7. The number of thiazole rings is 1. The molecule has 0 fully saturated rings. The first-order valence-corrected chi connectivity index (χ1v) is 8.44. The number of carbonyl (C=O) groups excluding carboxylic acids is 1. The van der Waals surface area contributed by atoms with Crippen LogP contribution in [0, 0.1) is 6.92 Å². The Morgan fingerprint density at radius 1 is 1.41 bits per heavy atom. The van der Waals surface area contributed by atoms with Crippen molar-refractivity contribution in [2.24, 2.45) is 0 Å². The Balaban J connectivity index is 1.99. The second-order valence-electron chi connectivity index (χ2n) is 5.08. The number of aryl methyl sites for hydroxylation is 1. The van der Waals surface area contributed by atoms with Crippen molar-refractivity contribution >= 4 is 28.8 Å². The molecule has 0 aliphatic carbocycles. The Bertz CT molecular complexity index is 708. The summed E-state index contributed by atoms with van der Waals surface area (Å²) >= 11 is 7.14. The summed E-state index contributed by atoms with van der Waals surface area (Å²) in [7, 11) is 0. The van der Waals surface area contributed by atoms with Crippen LogP contribution in [-0.4, -0.2) is 21.9 Å². The standard InChI is InChI=1S/C16H19ClN2O2S/c1-3-18(10-13-5-4-6-14(17)9-13)15(20)7-8-19-12(2)11-22-16(19)21/h4-6,9,11H,3,7-8,10H2,1-2H3. The van der Waals surface area contributed by atoms with E-state index in [1.165, 1.54) is 11.3 Å². The molecule has 0 saturated carbocycles. The Kier molecular flexibility index (Phi) is 5.80. The van der Waals surface area contributed by atoms with Gasteiger partial charge in [0.15, 0.2) is 0 Å². The number of amides is 1. The maximum absolute atomic E-state index is 12.4. The van der Waals surface area contributed by atoms with Gasteiger partial charge in [-0.05, 0) is 31.5 Å². The van der Waals surface area contributed by atoms with E-state index in [0.29, 0.717) is 31.1 Å². The zero-order chi connectivity index (χ0) is 16.1. The molecule has 1 aromatic carbocycles. The average molecular weight is 339 g/mol. The van der Waals surface area contributed by atoms with Crippen molar-refractivity contribution in [2.45, 2.75) is 33.4 Å². The number of halogens is 1. The maximum Gasteiger partial charge on any atom is 0.307 e. The summed E-state index contributed by atoms with van der Waals surface area (Å²) in [6.07, 6.45) is 0.325. The third kappa shape index (κ3) is 4.21. The van der Waals surface area contributed by atoms with Gasteiger partial charge in [0.2, 0.25) is 5.91 Å². The lowest BCUT2D eigenvalue weighted by atomic mass is 10.2. The molecule has 0 unspecified atom stereocenters. The minimum Gasteiger partial charge on any atom is -0.339 e. The van der Waals surface area contributed by atoms with Crippen LogP contribution in [0.3, 0.4) is 0 Å². The van der Waals surface area contributed by atoms with Crippen LogP contribution in [0.25, 0.3) is 0 Å². The molecule has 2 aromatic rings. The molecule has 4 nitrogen and oxygen atoms in total. The molecule has 0 aliphatic heterocycles. The number of rotatable bonds is 6. The summed E-state index contributed by atoms with van der Waals surface area (Å²) in [5.41, 5.74) is 1.91. The van der Waals surface area contributed by atoms with Gasteiger partial charge in [0.1, 0.15) is 0 Å². The molecule has 0 atom stereocenters. The monoisotopic (exact) mass is 338 g/mol. The van der Waals surface area contributed by atoms with Crippen LogP contribution >= 0.6 is 22.9 Å². The van der Waals surface area contributed by atoms with Crippen LogP contribution in [0.2, 0.25) is 5.02 Å². The Morgan fingerprint density at radius 3 is 2.77 bits per heavy atom. The highest BCUT2D eigenvalue weighted by molar-refractivity contribution is 7.07. The predicted molar refractivity (Wildman–Crippen MR) is 90.5 cm³/mol. The molecule has 0 N–H and O–H groups in total. The van der Waals surface area contributed by atoms with Crippen LogP contribution in [-0.2, 0) is 17.9 Å². The first-order chi connectivity index (χ1) is 10.5. The minimum absolute atomic E-state index is 0.0109. The van der Waals surface area contributed by atoms with E-state index in [9.17, 15) is 9.59 Å². The Morgan fingerprint density at radius 2 is 2.18 bits per heavy atom. The SMILES string of the molecule is CCN(Cc1cccc(Cl)c1)C(=O)CCn1c(C)csc1=O. The molecule has 2 rings (SSSR count). The van der Waals surface area contributed by atoms with Gasteiger partial charge in [-0.15, -0.1) is 0 Å². The van der Waals surface area contributed by atoms with Gasteiger partial charge >= 0.3 is 4.87 Å². The van der Waals surface area contributed by atoms with Crippen molar-refractivity contribution in [1.29, 1.82) is 0 Å². The molecular formula is C16H19ClN2O2S. The van der Waals surface area contributed by atoms with E-state index in [-0.39, 0.29) is 10.8 Å². The number of aromatic nitrogens is 1. The van der Waals surface area contributed by atoms with E-state index in [4.69, 9.17) is 11.6 Å². The lowest BCUT2D eigenvalue weighted by Crippen LogP contribution is -2.31. The summed E-state index contributed by atoms with van der Waals surface area (Å²) in [4.78, 5) is 25.8. The van der Waals surface area contributed by atoms with Gasteiger partial charge in [0.25, 0.3) is 0 Å². The third-order valence-electron chi connectivity index (χ3n) is 3.52. The van der Waals surface area contributed by atoms with Gasteiger partial charge in [-0.2, -0.15) is 0 Å². The van der Waals surface area contributed by atoms with Crippen molar-refractivity contribution in [1.82, 2.24) is 9.47 Å². The molecule has 118 valence electrons. The molecule has 1 heterocycles. The highest BCUT2D eigenvalue weighted by Crippen LogP contribution is 2.13. The van der Waals surface area contributed by atoms with Crippen molar-refractivity contribution in [3.8, 4) is 0 Å². The van der Waals surface area contributed by atoms with E-state index >= 15 is 0 Å². The number of carbonyl (C=O) groups is 1. The second-order valence-corrected chi connectivity index (χ2v) is 6.34. The van der Waals surface area contributed by atoms with Crippen LogP contribution in [0.15, 0.2) is 34.4 Å². The molecule has 0 aliphatic rings. The van der Waals surface area contributed by atoms with Crippen LogP contribution in [0.5, 0.6) is 0 Å². The van der Waals surface area contributed by atoms with Gasteiger partial charge in [-0.25, -0.2) is 0 Å². The molecule has 0 bridgehead atoms. The predicted octanol–water partition coefficient (Wildman–Crippen LogP) is 3.31. The van der Waals surface area contributed by atoms with Crippen molar-refractivity contribution < 1.29 is 4.79 Å². The summed E-state index contributed by atoms with van der Waals surface area (Å²) in [6.45, 7) is 5.42. The molecule has 1 aromatic heterocycles. The Hall–Kier alpha value is -1.59. The second kappa shape index (κ2) is 7.61. The number of nitrogens with zero attached hydrogens (tertiary/aromatic N) is 2. The van der Waals surface area contributed by atoms with Crippen LogP contribution in [0.4, 0.5) is 0 Å². The van der Waals surface area contributed by atoms with E-state index in [1.54, 1.807) is 9.47 Å². The topological polar surface area (TPSA) is 42.3 Å². The lowest BCUT2D eigenvalue weighted by Gasteiger charge is -2.21. The van der Waals surface area contributed by atoms with Crippen LogP contribution in [0.1, 0.15) is 24.6 Å². The largest absolute Gasteiger partial charge is 0.339 e. The fourth-order valence-corrected chi connectivity index (χ4v) is 3.25. The van der Waals surface area contributed by atoms with Gasteiger partial charge in [-0.1, -0.05) is 35.1 Å². The molecular weight excluding hydrogens is 320 g/mol. The number of benzene rings is 1. The first kappa shape index (κ1) is 16.8. The lowest BCUT2D eigenvalue weighted by molar-refractivity contribution is -0.131. The van der Waals surface area contributed by atoms with E-state index < -0.39 is 0 Å². The van der Waals surface area contributed by atoms with Gasteiger partial charge in [-0.3, -0.25) is 9.59 Å².